The van der Waals surface area contributed by atoms with Crippen molar-refractivity contribution in [1.29, 1.82) is 0 Å². The minimum Gasteiger partial charge on any atom is -0.480 e. The first kappa shape index (κ1) is 13.6. The lowest BCUT2D eigenvalue weighted by Gasteiger charge is -2.14. The summed E-state index contributed by atoms with van der Waals surface area (Å²) in [6, 6.07) is 13.9. The van der Waals surface area contributed by atoms with Crippen LogP contribution in [-0.4, -0.2) is 17.1 Å². The Labute approximate surface area is 113 Å². The number of benzene rings is 2. The molecule has 0 heterocycles. The summed E-state index contributed by atoms with van der Waals surface area (Å²) in [6.45, 7) is 2.11. The predicted molar refractivity (Wildman–Crippen MR) is 77.2 cm³/mol. The van der Waals surface area contributed by atoms with E-state index in [0.717, 1.165) is 6.42 Å². The molecule has 3 heteroatoms. The van der Waals surface area contributed by atoms with Gasteiger partial charge < -0.3 is 10.8 Å². The van der Waals surface area contributed by atoms with Crippen molar-refractivity contribution in [1.82, 2.24) is 0 Å². The Kier molecular flexibility index (Phi) is 4.17. The molecule has 2 aromatic carbocycles. The Balaban J connectivity index is 2.08. The molecule has 0 aliphatic carbocycles. The molecule has 0 aliphatic heterocycles. The molecular weight excluding hydrogens is 238 g/mol. The van der Waals surface area contributed by atoms with E-state index in [1.165, 1.54) is 16.3 Å². The Morgan fingerprint density at radius 1 is 1.16 bits per heavy atom. The van der Waals surface area contributed by atoms with Crippen molar-refractivity contribution >= 4 is 16.7 Å². The van der Waals surface area contributed by atoms with Crippen LogP contribution in [0, 0.1) is 0 Å². The van der Waals surface area contributed by atoms with Gasteiger partial charge in [0.05, 0.1) is 0 Å². The summed E-state index contributed by atoms with van der Waals surface area (Å²) in [5.41, 5.74) is 6.77. The zero-order valence-electron chi connectivity index (χ0n) is 11.0. The quantitative estimate of drug-likeness (QED) is 0.865. The largest absolute Gasteiger partial charge is 0.480 e. The minimum atomic E-state index is -0.925. The van der Waals surface area contributed by atoms with Crippen LogP contribution in [0.1, 0.15) is 31.2 Å². The van der Waals surface area contributed by atoms with Crippen LogP contribution < -0.4 is 5.73 Å². The molecule has 0 fully saturated rings. The summed E-state index contributed by atoms with van der Waals surface area (Å²) in [5, 5.41) is 11.2. The Hall–Kier alpha value is -1.87. The van der Waals surface area contributed by atoms with Crippen LogP contribution in [0.15, 0.2) is 42.5 Å². The fourth-order valence-corrected chi connectivity index (χ4v) is 2.23. The average molecular weight is 257 g/mol. The third kappa shape index (κ3) is 3.32. The van der Waals surface area contributed by atoms with Crippen LogP contribution in [0.25, 0.3) is 10.8 Å². The Bertz CT molecular complexity index is 580. The highest BCUT2D eigenvalue weighted by atomic mass is 16.4. The van der Waals surface area contributed by atoms with E-state index < -0.39 is 12.0 Å². The number of fused-ring (bicyclic) bond motifs is 1. The van der Waals surface area contributed by atoms with E-state index in [2.05, 4.69) is 37.3 Å². The molecule has 3 N–H and O–H groups in total. The standard InChI is InChI=1S/C16H19NO2/c1-11(6-9-15(17)16(18)19)13-8-7-12-4-2-3-5-14(12)10-13/h2-5,7-8,10-11,15H,6,9,17H2,1H3,(H,18,19). The monoisotopic (exact) mass is 257 g/mol. The molecule has 0 amide bonds. The second-order valence-corrected chi connectivity index (χ2v) is 5.03. The van der Waals surface area contributed by atoms with Crippen LogP contribution in [-0.2, 0) is 4.79 Å². The molecule has 3 nitrogen and oxygen atoms in total. The van der Waals surface area contributed by atoms with Crippen LogP contribution in [0.3, 0.4) is 0 Å². The van der Waals surface area contributed by atoms with Gasteiger partial charge in [0.15, 0.2) is 0 Å². The van der Waals surface area contributed by atoms with Crippen molar-refractivity contribution in [3.05, 3.63) is 48.0 Å². The number of carboxylic acid groups (broad SMARTS) is 1. The number of hydrogen-bond donors (Lipinski definition) is 2. The van der Waals surface area contributed by atoms with Gasteiger partial charge in [-0.1, -0.05) is 49.4 Å². The first-order chi connectivity index (χ1) is 9.08. The van der Waals surface area contributed by atoms with E-state index in [1.54, 1.807) is 0 Å². The summed E-state index contributed by atoms with van der Waals surface area (Å²) in [4.78, 5) is 10.7. The van der Waals surface area contributed by atoms with Gasteiger partial charge in [0.1, 0.15) is 6.04 Å². The van der Waals surface area contributed by atoms with Crippen LogP contribution in [0.4, 0.5) is 0 Å². The smallest absolute Gasteiger partial charge is 0.320 e. The highest BCUT2D eigenvalue weighted by Gasteiger charge is 2.14. The number of rotatable bonds is 5. The molecule has 0 saturated carbocycles. The normalized spacial score (nSPS) is 14.2. The first-order valence-corrected chi connectivity index (χ1v) is 6.55. The van der Waals surface area contributed by atoms with Crippen molar-refractivity contribution in [2.24, 2.45) is 5.73 Å². The molecule has 0 aromatic heterocycles. The van der Waals surface area contributed by atoms with Crippen molar-refractivity contribution in [2.75, 3.05) is 0 Å². The molecule has 2 aromatic rings. The average Bonchev–Trinajstić information content (AvgIpc) is 2.43. The predicted octanol–water partition coefficient (Wildman–Crippen LogP) is 3.14. The summed E-state index contributed by atoms with van der Waals surface area (Å²) in [6.07, 6.45) is 1.29. The van der Waals surface area contributed by atoms with Crippen LogP contribution in [0.5, 0.6) is 0 Å². The van der Waals surface area contributed by atoms with Gasteiger partial charge in [0.2, 0.25) is 0 Å². The lowest BCUT2D eigenvalue weighted by molar-refractivity contribution is -0.138. The van der Waals surface area contributed by atoms with Gasteiger partial charge in [-0.05, 0) is 35.1 Å². The van der Waals surface area contributed by atoms with E-state index in [9.17, 15) is 4.79 Å². The minimum absolute atomic E-state index is 0.315. The molecule has 2 unspecified atom stereocenters. The number of nitrogens with two attached hydrogens (primary N) is 1. The SMILES string of the molecule is CC(CCC(N)C(=O)O)c1ccc2ccccc2c1. The maximum Gasteiger partial charge on any atom is 0.320 e. The number of hydrogen-bond acceptors (Lipinski definition) is 2. The van der Waals surface area contributed by atoms with Crippen molar-refractivity contribution in [2.45, 2.75) is 31.7 Å². The maximum atomic E-state index is 10.7. The molecule has 2 rings (SSSR count). The molecule has 2 atom stereocenters. The van der Waals surface area contributed by atoms with Crippen molar-refractivity contribution < 1.29 is 9.90 Å². The molecule has 0 saturated heterocycles. The summed E-state index contributed by atoms with van der Waals surface area (Å²) < 4.78 is 0. The van der Waals surface area contributed by atoms with E-state index in [-0.39, 0.29) is 0 Å². The molecule has 100 valence electrons. The van der Waals surface area contributed by atoms with Gasteiger partial charge in [-0.3, -0.25) is 4.79 Å². The fourth-order valence-electron chi connectivity index (χ4n) is 2.23. The molecule has 0 spiro atoms. The summed E-state index contributed by atoms with van der Waals surface area (Å²) >= 11 is 0. The fraction of sp³-hybridized carbons (Fsp3) is 0.312. The number of aliphatic carboxylic acids is 1. The third-order valence-electron chi connectivity index (χ3n) is 3.57. The second-order valence-electron chi connectivity index (χ2n) is 5.03. The lowest BCUT2D eigenvalue weighted by Crippen LogP contribution is -2.30. The molecule has 0 aliphatic rings. The van der Waals surface area contributed by atoms with Crippen molar-refractivity contribution in [3.8, 4) is 0 Å². The molecule has 19 heavy (non-hydrogen) atoms. The second kappa shape index (κ2) is 5.85. The van der Waals surface area contributed by atoms with Crippen molar-refractivity contribution in [3.63, 3.8) is 0 Å². The van der Waals surface area contributed by atoms with Gasteiger partial charge >= 0.3 is 5.97 Å². The van der Waals surface area contributed by atoms with E-state index >= 15 is 0 Å². The van der Waals surface area contributed by atoms with Gasteiger partial charge in [0.25, 0.3) is 0 Å². The van der Waals surface area contributed by atoms with Gasteiger partial charge in [-0.15, -0.1) is 0 Å². The topological polar surface area (TPSA) is 63.3 Å². The summed E-state index contributed by atoms with van der Waals surface area (Å²) in [7, 11) is 0. The van der Waals surface area contributed by atoms with E-state index in [1.807, 2.05) is 12.1 Å². The molecule has 0 radical (unpaired) electrons. The van der Waals surface area contributed by atoms with E-state index in [0.29, 0.717) is 12.3 Å². The Morgan fingerprint density at radius 2 is 1.84 bits per heavy atom. The summed E-state index contributed by atoms with van der Waals surface area (Å²) in [5.74, 6) is -0.610. The highest BCUT2D eigenvalue weighted by Crippen LogP contribution is 2.25. The number of carbonyl (C=O) groups is 1. The van der Waals surface area contributed by atoms with Crippen LogP contribution in [0.2, 0.25) is 0 Å². The van der Waals surface area contributed by atoms with Gasteiger partial charge in [0, 0.05) is 0 Å². The van der Waals surface area contributed by atoms with Crippen LogP contribution >= 0.6 is 0 Å². The first-order valence-electron chi connectivity index (χ1n) is 6.55. The molecular formula is C16H19NO2. The number of carboxylic acids is 1. The van der Waals surface area contributed by atoms with E-state index in [4.69, 9.17) is 10.8 Å². The lowest BCUT2D eigenvalue weighted by atomic mass is 9.92. The highest BCUT2D eigenvalue weighted by molar-refractivity contribution is 5.83. The Morgan fingerprint density at radius 3 is 2.53 bits per heavy atom. The maximum absolute atomic E-state index is 10.7. The van der Waals surface area contributed by atoms with Gasteiger partial charge in [-0.25, -0.2) is 0 Å². The zero-order chi connectivity index (χ0) is 13.8. The molecule has 0 bridgehead atoms. The van der Waals surface area contributed by atoms with Gasteiger partial charge in [-0.2, -0.15) is 0 Å². The third-order valence-corrected chi connectivity index (χ3v) is 3.57. The zero-order valence-corrected chi connectivity index (χ0v) is 11.0.